The number of rotatable bonds is 7. The molecule has 0 radical (unpaired) electrons. The van der Waals surface area contributed by atoms with Crippen molar-refractivity contribution in [1.82, 2.24) is 15.1 Å². The molecule has 2 heterocycles. The minimum absolute atomic E-state index is 0.0239. The van der Waals surface area contributed by atoms with E-state index in [0.29, 0.717) is 35.8 Å². The highest BCUT2D eigenvalue weighted by Gasteiger charge is 2.21. The number of ether oxygens (including phenoxy) is 1. The number of aryl methyl sites for hydroxylation is 1. The Morgan fingerprint density at radius 2 is 2.07 bits per heavy atom. The van der Waals surface area contributed by atoms with E-state index in [-0.39, 0.29) is 30.3 Å². The topological polar surface area (TPSA) is 115 Å². The molecular formula is C19H21N3O5. The van der Waals surface area contributed by atoms with Crippen LogP contribution in [0.1, 0.15) is 44.4 Å². The maximum absolute atomic E-state index is 12.3. The van der Waals surface area contributed by atoms with E-state index < -0.39 is 0 Å². The molecule has 0 saturated carbocycles. The van der Waals surface area contributed by atoms with Crippen LogP contribution in [0.2, 0.25) is 0 Å². The average Bonchev–Trinajstić information content (AvgIpc) is 3.16. The molecule has 0 unspecified atom stereocenters. The van der Waals surface area contributed by atoms with Gasteiger partial charge in [0.2, 0.25) is 11.7 Å². The fraction of sp³-hybridized carbons (Fsp3) is 0.421. The first kappa shape index (κ1) is 18.8. The number of aromatic nitrogens is 3. The van der Waals surface area contributed by atoms with Crippen LogP contribution >= 0.6 is 0 Å². The number of nitrogens with zero attached hydrogens (tertiary/aromatic N) is 3. The predicted molar refractivity (Wildman–Crippen MR) is 94.6 cm³/mol. The lowest BCUT2D eigenvalue weighted by Crippen LogP contribution is -2.14. The second-order valence-electron chi connectivity index (χ2n) is 6.41. The van der Waals surface area contributed by atoms with Crippen LogP contribution in [0.5, 0.6) is 5.75 Å². The Balaban J connectivity index is 1.58. The average molecular weight is 371 g/mol. The molecule has 27 heavy (non-hydrogen) atoms. The maximum atomic E-state index is 12.3. The summed E-state index contributed by atoms with van der Waals surface area (Å²) in [6.45, 7) is 0. The van der Waals surface area contributed by atoms with Gasteiger partial charge in [0.1, 0.15) is 17.2 Å². The Labute approximate surface area is 156 Å². The zero-order chi connectivity index (χ0) is 19.2. The van der Waals surface area contributed by atoms with Crippen LogP contribution < -0.4 is 0 Å². The first-order valence-electron chi connectivity index (χ1n) is 8.85. The van der Waals surface area contributed by atoms with E-state index in [1.807, 2.05) is 0 Å². The smallest absolute Gasteiger partial charge is 0.333 e. The molecule has 0 amide bonds. The molecular weight excluding hydrogens is 350 g/mol. The van der Waals surface area contributed by atoms with E-state index in [4.69, 9.17) is 9.26 Å². The minimum Gasteiger partial charge on any atom is -0.506 e. The Morgan fingerprint density at radius 1 is 1.26 bits per heavy atom. The molecule has 0 saturated heterocycles. The Bertz CT molecular complexity index is 854. The second kappa shape index (κ2) is 8.57. The summed E-state index contributed by atoms with van der Waals surface area (Å²) in [6, 6.07) is 3.07. The molecule has 0 aromatic carbocycles. The van der Waals surface area contributed by atoms with E-state index in [2.05, 4.69) is 15.1 Å². The molecule has 0 fully saturated rings. The molecule has 0 atom stereocenters. The highest BCUT2D eigenvalue weighted by atomic mass is 16.5. The molecule has 0 aliphatic heterocycles. The van der Waals surface area contributed by atoms with Crippen molar-refractivity contribution >= 4 is 11.8 Å². The summed E-state index contributed by atoms with van der Waals surface area (Å²) in [5.74, 6) is 0.395. The van der Waals surface area contributed by atoms with Gasteiger partial charge in [0.05, 0.1) is 13.3 Å². The first-order valence-corrected chi connectivity index (χ1v) is 8.85. The highest BCUT2D eigenvalue weighted by molar-refractivity contribution is 5.91. The number of allylic oxidation sites excluding steroid dienone is 1. The summed E-state index contributed by atoms with van der Waals surface area (Å²) < 4.78 is 9.98. The quantitative estimate of drug-likeness (QED) is 0.739. The Kier molecular flexibility index (Phi) is 5.95. The van der Waals surface area contributed by atoms with Crippen molar-refractivity contribution < 1.29 is 24.0 Å². The van der Waals surface area contributed by atoms with Gasteiger partial charge >= 0.3 is 5.97 Å². The number of aromatic hydroxyl groups is 1. The third kappa shape index (κ3) is 4.78. The molecule has 1 aliphatic rings. The van der Waals surface area contributed by atoms with E-state index in [1.165, 1.54) is 19.4 Å². The van der Waals surface area contributed by atoms with Crippen LogP contribution in [0.25, 0.3) is 11.5 Å². The van der Waals surface area contributed by atoms with Crippen molar-refractivity contribution in [2.24, 2.45) is 0 Å². The van der Waals surface area contributed by atoms with Gasteiger partial charge in [0, 0.05) is 24.8 Å². The number of methoxy groups -OCH3 is 1. The SMILES string of the molecule is COC(=O)C1=C(CC(=O)CCc2nc(-c3ccc(O)cn3)no2)CCCC1. The Morgan fingerprint density at radius 3 is 2.81 bits per heavy atom. The monoisotopic (exact) mass is 371 g/mol. The summed E-state index contributed by atoms with van der Waals surface area (Å²) in [5, 5.41) is 13.1. The fourth-order valence-electron chi connectivity index (χ4n) is 3.08. The van der Waals surface area contributed by atoms with E-state index in [9.17, 15) is 14.7 Å². The van der Waals surface area contributed by atoms with Crippen molar-refractivity contribution in [3.63, 3.8) is 0 Å². The van der Waals surface area contributed by atoms with Gasteiger partial charge < -0.3 is 14.4 Å². The molecule has 142 valence electrons. The van der Waals surface area contributed by atoms with Crippen molar-refractivity contribution in [2.45, 2.75) is 44.9 Å². The largest absolute Gasteiger partial charge is 0.506 e. The summed E-state index contributed by atoms with van der Waals surface area (Å²) >= 11 is 0. The highest BCUT2D eigenvalue weighted by Crippen LogP contribution is 2.28. The molecule has 3 rings (SSSR count). The minimum atomic E-state index is -0.333. The third-order valence-corrected chi connectivity index (χ3v) is 4.49. The number of esters is 1. The van der Waals surface area contributed by atoms with Gasteiger partial charge in [0.25, 0.3) is 0 Å². The number of carbonyl (C=O) groups is 2. The number of hydrogen-bond acceptors (Lipinski definition) is 8. The molecule has 8 nitrogen and oxygen atoms in total. The van der Waals surface area contributed by atoms with Crippen LogP contribution in [0.3, 0.4) is 0 Å². The molecule has 0 bridgehead atoms. The summed E-state index contributed by atoms with van der Waals surface area (Å²) in [4.78, 5) is 32.4. The summed E-state index contributed by atoms with van der Waals surface area (Å²) in [5.41, 5.74) is 2.01. The van der Waals surface area contributed by atoms with E-state index in [0.717, 1.165) is 24.8 Å². The number of ketones is 1. The lowest BCUT2D eigenvalue weighted by atomic mass is 9.88. The fourth-order valence-corrected chi connectivity index (χ4v) is 3.08. The number of Topliss-reactive ketones (excluding diaryl/α,β-unsaturated/α-hetero) is 1. The van der Waals surface area contributed by atoms with Gasteiger partial charge in [0.15, 0.2) is 0 Å². The molecule has 2 aromatic heterocycles. The van der Waals surface area contributed by atoms with Crippen molar-refractivity contribution in [3.8, 4) is 17.3 Å². The summed E-state index contributed by atoms with van der Waals surface area (Å²) in [7, 11) is 1.36. The summed E-state index contributed by atoms with van der Waals surface area (Å²) in [6.07, 6.45) is 5.48. The van der Waals surface area contributed by atoms with Crippen LogP contribution in [0, 0.1) is 0 Å². The molecule has 2 aromatic rings. The van der Waals surface area contributed by atoms with Crippen molar-refractivity contribution in [1.29, 1.82) is 0 Å². The van der Waals surface area contributed by atoms with Crippen LogP contribution in [-0.2, 0) is 20.7 Å². The zero-order valence-electron chi connectivity index (χ0n) is 15.1. The van der Waals surface area contributed by atoms with Gasteiger partial charge in [-0.05, 0) is 37.8 Å². The molecule has 1 aliphatic carbocycles. The molecule has 8 heteroatoms. The van der Waals surface area contributed by atoms with Gasteiger partial charge in [-0.1, -0.05) is 10.7 Å². The zero-order valence-corrected chi connectivity index (χ0v) is 15.1. The number of pyridine rings is 1. The van der Waals surface area contributed by atoms with E-state index >= 15 is 0 Å². The second-order valence-corrected chi connectivity index (χ2v) is 6.41. The van der Waals surface area contributed by atoms with Crippen LogP contribution in [0.4, 0.5) is 0 Å². The third-order valence-electron chi connectivity index (χ3n) is 4.49. The molecule has 1 N–H and O–H groups in total. The van der Waals surface area contributed by atoms with Crippen LogP contribution in [-0.4, -0.2) is 39.1 Å². The number of hydrogen-bond donors (Lipinski definition) is 1. The van der Waals surface area contributed by atoms with Crippen LogP contribution in [0.15, 0.2) is 34.0 Å². The van der Waals surface area contributed by atoms with Gasteiger partial charge in [-0.25, -0.2) is 9.78 Å². The maximum Gasteiger partial charge on any atom is 0.333 e. The first-order chi connectivity index (χ1) is 13.1. The van der Waals surface area contributed by atoms with Gasteiger partial charge in [-0.15, -0.1) is 0 Å². The normalized spacial score (nSPS) is 14.3. The molecule has 0 spiro atoms. The predicted octanol–water partition coefficient (Wildman–Crippen LogP) is 2.77. The Hall–Kier alpha value is -3.03. The number of carbonyl (C=O) groups excluding carboxylic acids is 2. The van der Waals surface area contributed by atoms with Gasteiger partial charge in [-0.3, -0.25) is 4.79 Å². The standard InChI is InChI=1S/C19H21N3O5/c1-26-19(25)15-5-3-2-4-12(15)10-13(23)7-9-17-21-18(22-27-17)16-8-6-14(24)11-20-16/h6,8,11,24H,2-5,7,9-10H2,1H3. The van der Waals surface area contributed by atoms with Gasteiger partial charge in [-0.2, -0.15) is 4.98 Å². The van der Waals surface area contributed by atoms with Crippen molar-refractivity contribution in [3.05, 3.63) is 35.4 Å². The van der Waals surface area contributed by atoms with E-state index in [1.54, 1.807) is 6.07 Å². The lowest BCUT2D eigenvalue weighted by molar-refractivity contribution is -0.136. The van der Waals surface area contributed by atoms with Crippen molar-refractivity contribution in [2.75, 3.05) is 7.11 Å². The lowest BCUT2D eigenvalue weighted by Gasteiger charge is -2.18.